The third-order valence-corrected chi connectivity index (χ3v) is 6.60. The van der Waals surface area contributed by atoms with Gasteiger partial charge in [-0.2, -0.15) is 0 Å². The summed E-state index contributed by atoms with van der Waals surface area (Å²) in [6.45, 7) is 2.73. The molecular formula is C27H41NO4. The quantitative estimate of drug-likeness (QED) is 0.266. The number of rotatable bonds is 16. The molecule has 1 amide bonds. The average molecular weight is 444 g/mol. The summed E-state index contributed by atoms with van der Waals surface area (Å²) in [5.74, 6) is -0.300. The Morgan fingerprint density at radius 1 is 1.12 bits per heavy atom. The molecular weight excluding hydrogens is 402 g/mol. The number of carbonyl (C=O) groups is 2. The molecule has 3 atom stereocenters. The van der Waals surface area contributed by atoms with Gasteiger partial charge in [0.1, 0.15) is 0 Å². The summed E-state index contributed by atoms with van der Waals surface area (Å²) in [4.78, 5) is 24.7. The second kappa shape index (κ2) is 14.8. The van der Waals surface area contributed by atoms with Crippen molar-refractivity contribution in [3.8, 4) is 0 Å². The summed E-state index contributed by atoms with van der Waals surface area (Å²) in [5.41, 5.74) is 1.39. The summed E-state index contributed by atoms with van der Waals surface area (Å²) in [6.07, 6.45) is 13.9. The zero-order valence-corrected chi connectivity index (χ0v) is 19.6. The Bertz CT molecular complexity index is 703. The number of likely N-dealkylation sites (tertiary alicyclic amines) is 1. The number of aliphatic hydroxyl groups excluding tert-OH is 1. The molecule has 1 fully saturated rings. The van der Waals surface area contributed by atoms with E-state index in [1.807, 2.05) is 17.1 Å². The van der Waals surface area contributed by atoms with Gasteiger partial charge in [-0.05, 0) is 62.8 Å². The Kier molecular flexibility index (Phi) is 12.1. The van der Waals surface area contributed by atoms with Crippen molar-refractivity contribution in [1.29, 1.82) is 0 Å². The first-order chi connectivity index (χ1) is 15.5. The van der Waals surface area contributed by atoms with Gasteiger partial charge in [0.05, 0.1) is 6.10 Å². The van der Waals surface area contributed by atoms with Gasteiger partial charge >= 0.3 is 5.97 Å². The molecule has 0 aliphatic carbocycles. The molecule has 5 nitrogen and oxygen atoms in total. The molecule has 32 heavy (non-hydrogen) atoms. The third-order valence-electron chi connectivity index (χ3n) is 6.60. The highest BCUT2D eigenvalue weighted by molar-refractivity contribution is 5.78. The number of aliphatic hydroxyl groups is 1. The summed E-state index contributed by atoms with van der Waals surface area (Å²) in [7, 11) is 0. The number of aliphatic carboxylic acids is 1. The number of hydrogen-bond acceptors (Lipinski definition) is 3. The van der Waals surface area contributed by atoms with Gasteiger partial charge in [-0.1, -0.05) is 62.2 Å². The zero-order valence-electron chi connectivity index (χ0n) is 19.6. The standard InChI is InChI=1S/C27H41NO4/c1-22(12-6-4-7-13-23-14-8-5-9-15-23)25(29)19-17-24-18-20-26(30)28(24)21-11-3-2-10-16-27(31)32/h3,5,8-9,11,14-15,22,24-25,29H,2,4,6-7,10,12-13,16-21H2,1H3,(H,31,32)/t22-,24-,25+/m0/s1. The van der Waals surface area contributed by atoms with Crippen LogP contribution in [0.4, 0.5) is 0 Å². The molecule has 0 saturated carbocycles. The first-order valence-corrected chi connectivity index (χ1v) is 12.4. The number of carboxylic acid groups (broad SMARTS) is 1. The fourth-order valence-electron chi connectivity index (χ4n) is 4.48. The average Bonchev–Trinajstić information content (AvgIpc) is 3.13. The molecule has 1 heterocycles. The maximum absolute atomic E-state index is 12.2. The molecule has 2 rings (SSSR count). The highest BCUT2D eigenvalue weighted by Gasteiger charge is 2.30. The van der Waals surface area contributed by atoms with Gasteiger partial charge in [-0.3, -0.25) is 9.59 Å². The lowest BCUT2D eigenvalue weighted by Crippen LogP contribution is -2.34. The molecule has 5 heteroatoms. The van der Waals surface area contributed by atoms with Crippen LogP contribution in [0, 0.1) is 5.92 Å². The highest BCUT2D eigenvalue weighted by Crippen LogP contribution is 2.25. The van der Waals surface area contributed by atoms with E-state index >= 15 is 0 Å². The first kappa shape index (κ1) is 26.1. The summed E-state index contributed by atoms with van der Waals surface area (Å²) in [6, 6.07) is 10.8. The van der Waals surface area contributed by atoms with E-state index in [4.69, 9.17) is 5.11 Å². The van der Waals surface area contributed by atoms with E-state index in [1.165, 1.54) is 18.4 Å². The van der Waals surface area contributed by atoms with Gasteiger partial charge in [-0.25, -0.2) is 0 Å². The molecule has 1 saturated heterocycles. The SMILES string of the molecule is C[C@@H](CCCCCc1ccccc1)[C@H](O)CC[C@H]1CCC(=O)N1CC=CCCCC(=O)O. The number of unbranched alkanes of at least 4 members (excludes halogenated alkanes) is 3. The van der Waals surface area contributed by atoms with Crippen LogP contribution in [0.5, 0.6) is 0 Å². The number of aryl methyl sites for hydroxylation is 1. The van der Waals surface area contributed by atoms with Crippen molar-refractivity contribution in [1.82, 2.24) is 4.90 Å². The molecule has 0 unspecified atom stereocenters. The van der Waals surface area contributed by atoms with Crippen molar-refractivity contribution in [2.45, 2.75) is 96.1 Å². The lowest BCUT2D eigenvalue weighted by atomic mass is 9.92. The number of benzene rings is 1. The third kappa shape index (κ3) is 9.99. The van der Waals surface area contributed by atoms with E-state index in [0.29, 0.717) is 19.4 Å². The van der Waals surface area contributed by atoms with E-state index in [2.05, 4.69) is 37.3 Å². The molecule has 1 aromatic rings. The molecule has 0 spiro atoms. The van der Waals surface area contributed by atoms with Gasteiger partial charge in [-0.15, -0.1) is 0 Å². The number of nitrogens with zero attached hydrogens (tertiary/aromatic N) is 1. The Morgan fingerprint density at radius 2 is 1.91 bits per heavy atom. The van der Waals surface area contributed by atoms with Crippen LogP contribution in [0.15, 0.2) is 42.5 Å². The van der Waals surface area contributed by atoms with Gasteiger partial charge in [0.25, 0.3) is 0 Å². The molecule has 1 aliphatic heterocycles. The number of amides is 1. The minimum Gasteiger partial charge on any atom is -0.481 e. The number of carbonyl (C=O) groups excluding carboxylic acids is 1. The van der Waals surface area contributed by atoms with E-state index in [0.717, 1.165) is 44.9 Å². The fraction of sp³-hybridized carbons (Fsp3) is 0.630. The molecule has 0 radical (unpaired) electrons. The summed E-state index contributed by atoms with van der Waals surface area (Å²) >= 11 is 0. The van der Waals surface area contributed by atoms with Crippen molar-refractivity contribution in [3.05, 3.63) is 48.0 Å². The van der Waals surface area contributed by atoms with Gasteiger partial charge < -0.3 is 15.1 Å². The molecule has 178 valence electrons. The zero-order chi connectivity index (χ0) is 23.2. The highest BCUT2D eigenvalue weighted by atomic mass is 16.4. The van der Waals surface area contributed by atoms with E-state index in [-0.39, 0.29) is 30.4 Å². The van der Waals surface area contributed by atoms with Gasteiger partial charge in [0, 0.05) is 25.4 Å². The minimum absolute atomic E-state index is 0.179. The van der Waals surface area contributed by atoms with Crippen LogP contribution in [-0.4, -0.2) is 45.7 Å². The van der Waals surface area contributed by atoms with E-state index in [9.17, 15) is 14.7 Å². The first-order valence-electron chi connectivity index (χ1n) is 12.4. The Balaban J connectivity index is 1.61. The molecule has 1 aromatic carbocycles. The number of allylic oxidation sites excluding steroid dienone is 1. The van der Waals surface area contributed by atoms with Gasteiger partial charge in [0.15, 0.2) is 0 Å². The van der Waals surface area contributed by atoms with Crippen LogP contribution in [-0.2, 0) is 16.0 Å². The molecule has 0 bridgehead atoms. The summed E-state index contributed by atoms with van der Waals surface area (Å²) < 4.78 is 0. The van der Waals surface area contributed by atoms with Crippen LogP contribution in [0.25, 0.3) is 0 Å². The second-order valence-electron chi connectivity index (χ2n) is 9.20. The minimum atomic E-state index is -0.770. The van der Waals surface area contributed by atoms with Crippen molar-refractivity contribution < 1.29 is 19.8 Å². The second-order valence-corrected chi connectivity index (χ2v) is 9.20. The molecule has 1 aliphatic rings. The number of hydrogen-bond donors (Lipinski definition) is 2. The van der Waals surface area contributed by atoms with Crippen LogP contribution in [0.2, 0.25) is 0 Å². The van der Waals surface area contributed by atoms with Crippen molar-refractivity contribution in [2.75, 3.05) is 6.54 Å². The Hall–Kier alpha value is -2.14. The lowest BCUT2D eigenvalue weighted by molar-refractivity contribution is -0.137. The summed E-state index contributed by atoms with van der Waals surface area (Å²) in [5, 5.41) is 19.3. The van der Waals surface area contributed by atoms with Crippen molar-refractivity contribution in [3.63, 3.8) is 0 Å². The number of carboxylic acids is 1. The topological polar surface area (TPSA) is 77.8 Å². The van der Waals surface area contributed by atoms with Crippen molar-refractivity contribution >= 4 is 11.9 Å². The predicted octanol–water partition coefficient (Wildman–Crippen LogP) is 5.37. The van der Waals surface area contributed by atoms with Crippen LogP contribution in [0.3, 0.4) is 0 Å². The van der Waals surface area contributed by atoms with Crippen LogP contribution in [0.1, 0.15) is 83.1 Å². The largest absolute Gasteiger partial charge is 0.481 e. The Morgan fingerprint density at radius 3 is 2.66 bits per heavy atom. The monoisotopic (exact) mass is 443 g/mol. The van der Waals surface area contributed by atoms with Crippen molar-refractivity contribution in [2.24, 2.45) is 5.92 Å². The lowest BCUT2D eigenvalue weighted by Gasteiger charge is -2.26. The maximum Gasteiger partial charge on any atom is 0.303 e. The van der Waals surface area contributed by atoms with E-state index in [1.54, 1.807) is 0 Å². The fourth-order valence-corrected chi connectivity index (χ4v) is 4.48. The smallest absolute Gasteiger partial charge is 0.303 e. The van der Waals surface area contributed by atoms with Crippen LogP contribution >= 0.6 is 0 Å². The van der Waals surface area contributed by atoms with Gasteiger partial charge in [0.2, 0.25) is 5.91 Å². The Labute approximate surface area is 193 Å². The molecule has 2 N–H and O–H groups in total. The predicted molar refractivity (Wildman–Crippen MR) is 128 cm³/mol. The van der Waals surface area contributed by atoms with Crippen LogP contribution < -0.4 is 0 Å². The van der Waals surface area contributed by atoms with E-state index < -0.39 is 5.97 Å². The normalized spacial score (nSPS) is 18.4. The molecule has 0 aromatic heterocycles. The maximum atomic E-state index is 12.2.